The fourth-order valence-corrected chi connectivity index (χ4v) is 2.58. The Kier molecular flexibility index (Phi) is 5.19. The Balaban J connectivity index is 1.96. The molecule has 0 radical (unpaired) electrons. The fourth-order valence-electron chi connectivity index (χ4n) is 1.86. The minimum atomic E-state index is -0.260. The molecular formula is C17H21N3OS. The Morgan fingerprint density at radius 2 is 1.73 bits per heavy atom. The number of amides is 1. The van der Waals surface area contributed by atoms with E-state index in [2.05, 4.69) is 36.1 Å². The Morgan fingerprint density at radius 1 is 1.14 bits per heavy atom. The quantitative estimate of drug-likeness (QED) is 0.687. The largest absolute Gasteiger partial charge is 0.325 e. The van der Waals surface area contributed by atoms with E-state index in [9.17, 15) is 4.79 Å². The van der Waals surface area contributed by atoms with Crippen molar-refractivity contribution in [3.05, 3.63) is 48.3 Å². The summed E-state index contributed by atoms with van der Waals surface area (Å²) in [5.41, 5.74) is 2.15. The monoisotopic (exact) mass is 315 g/mol. The minimum Gasteiger partial charge on any atom is -0.325 e. The van der Waals surface area contributed by atoms with Gasteiger partial charge in [-0.25, -0.2) is 9.97 Å². The van der Waals surface area contributed by atoms with Crippen LogP contribution in [0.2, 0.25) is 0 Å². The minimum absolute atomic E-state index is 0.0547. The molecule has 0 saturated heterocycles. The molecule has 0 fully saturated rings. The van der Waals surface area contributed by atoms with Crippen molar-refractivity contribution >= 4 is 23.4 Å². The number of anilines is 1. The van der Waals surface area contributed by atoms with Crippen molar-refractivity contribution in [3.63, 3.8) is 0 Å². The van der Waals surface area contributed by atoms with Crippen LogP contribution in [0.15, 0.2) is 47.9 Å². The lowest BCUT2D eigenvalue weighted by Gasteiger charge is -2.19. The van der Waals surface area contributed by atoms with E-state index in [-0.39, 0.29) is 16.6 Å². The lowest BCUT2D eigenvalue weighted by Crippen LogP contribution is -2.22. The fraction of sp³-hybridized carbons (Fsp3) is 0.353. The molecule has 0 saturated carbocycles. The second kappa shape index (κ2) is 6.92. The number of rotatable bonds is 4. The molecule has 0 aliphatic rings. The van der Waals surface area contributed by atoms with Gasteiger partial charge in [0.15, 0.2) is 5.16 Å². The summed E-state index contributed by atoms with van der Waals surface area (Å²) in [7, 11) is 0. The van der Waals surface area contributed by atoms with Crippen molar-refractivity contribution in [2.45, 2.75) is 43.5 Å². The van der Waals surface area contributed by atoms with Gasteiger partial charge in [-0.05, 0) is 36.1 Å². The molecule has 2 aromatic rings. The predicted octanol–water partition coefficient (Wildman–Crippen LogP) is 3.89. The van der Waals surface area contributed by atoms with Crippen molar-refractivity contribution < 1.29 is 4.79 Å². The van der Waals surface area contributed by atoms with E-state index < -0.39 is 0 Å². The van der Waals surface area contributed by atoms with Crippen molar-refractivity contribution in [1.29, 1.82) is 0 Å². The number of hydrogen-bond donors (Lipinski definition) is 1. The molecule has 1 N–H and O–H groups in total. The van der Waals surface area contributed by atoms with Crippen LogP contribution in [-0.2, 0) is 10.2 Å². The first-order valence-corrected chi connectivity index (χ1v) is 8.09. The number of benzene rings is 1. The lowest BCUT2D eigenvalue weighted by molar-refractivity contribution is -0.115. The summed E-state index contributed by atoms with van der Waals surface area (Å²) in [6.45, 7) is 8.34. The summed E-state index contributed by atoms with van der Waals surface area (Å²) in [6, 6.07) is 9.73. The SMILES string of the molecule is C[C@H](Sc1ncccn1)C(=O)Nc1ccc(C(C)(C)C)cc1. The van der Waals surface area contributed by atoms with E-state index in [4.69, 9.17) is 0 Å². The van der Waals surface area contributed by atoms with Crippen molar-refractivity contribution in [3.8, 4) is 0 Å². The highest BCUT2D eigenvalue weighted by molar-refractivity contribution is 8.00. The molecule has 22 heavy (non-hydrogen) atoms. The molecule has 0 aliphatic heterocycles. The molecular weight excluding hydrogens is 294 g/mol. The van der Waals surface area contributed by atoms with Gasteiger partial charge in [-0.2, -0.15) is 0 Å². The topological polar surface area (TPSA) is 54.9 Å². The second-order valence-electron chi connectivity index (χ2n) is 6.11. The molecule has 116 valence electrons. The number of hydrogen-bond acceptors (Lipinski definition) is 4. The number of nitrogens with one attached hydrogen (secondary N) is 1. The zero-order chi connectivity index (χ0) is 16.2. The Morgan fingerprint density at radius 3 is 2.27 bits per heavy atom. The van der Waals surface area contributed by atoms with Gasteiger partial charge in [0.25, 0.3) is 0 Å². The van der Waals surface area contributed by atoms with Gasteiger partial charge >= 0.3 is 0 Å². The lowest BCUT2D eigenvalue weighted by atomic mass is 9.87. The van der Waals surface area contributed by atoms with Crippen molar-refractivity contribution in [2.75, 3.05) is 5.32 Å². The van der Waals surface area contributed by atoms with Gasteiger partial charge in [-0.1, -0.05) is 44.7 Å². The number of carbonyl (C=O) groups is 1. The highest BCUT2D eigenvalue weighted by atomic mass is 32.2. The van der Waals surface area contributed by atoms with Gasteiger partial charge in [0.05, 0.1) is 5.25 Å². The Bertz CT molecular complexity index is 621. The first-order valence-electron chi connectivity index (χ1n) is 7.21. The van der Waals surface area contributed by atoms with Crippen LogP contribution in [0.25, 0.3) is 0 Å². The third-order valence-electron chi connectivity index (χ3n) is 3.21. The maximum Gasteiger partial charge on any atom is 0.237 e. The number of aromatic nitrogens is 2. The highest BCUT2D eigenvalue weighted by Crippen LogP contribution is 2.24. The van der Waals surface area contributed by atoms with Crippen molar-refractivity contribution in [1.82, 2.24) is 9.97 Å². The third kappa shape index (κ3) is 4.56. The van der Waals surface area contributed by atoms with Crippen LogP contribution in [-0.4, -0.2) is 21.1 Å². The molecule has 1 aromatic carbocycles. The summed E-state index contributed by atoms with van der Waals surface area (Å²) in [5, 5.41) is 3.27. The van der Waals surface area contributed by atoms with E-state index in [1.807, 2.05) is 31.2 Å². The average molecular weight is 315 g/mol. The summed E-state index contributed by atoms with van der Waals surface area (Å²) < 4.78 is 0. The number of thioether (sulfide) groups is 1. The van der Waals surface area contributed by atoms with Crippen LogP contribution in [0.1, 0.15) is 33.3 Å². The van der Waals surface area contributed by atoms with Gasteiger partial charge < -0.3 is 5.32 Å². The van der Waals surface area contributed by atoms with Crippen LogP contribution in [0.4, 0.5) is 5.69 Å². The summed E-state index contributed by atoms with van der Waals surface area (Å²) in [5.74, 6) is -0.0547. The van der Waals surface area contributed by atoms with E-state index in [1.54, 1.807) is 18.5 Å². The maximum atomic E-state index is 12.2. The normalized spacial score (nSPS) is 12.7. The number of nitrogens with zero attached hydrogens (tertiary/aromatic N) is 2. The summed E-state index contributed by atoms with van der Waals surface area (Å²) >= 11 is 1.34. The van der Waals surface area contributed by atoms with Gasteiger partial charge in [-0.3, -0.25) is 4.79 Å². The molecule has 0 bridgehead atoms. The molecule has 5 heteroatoms. The Hall–Kier alpha value is -1.88. The van der Waals surface area contributed by atoms with Crippen LogP contribution in [0.3, 0.4) is 0 Å². The van der Waals surface area contributed by atoms with E-state index in [1.165, 1.54) is 17.3 Å². The van der Waals surface area contributed by atoms with E-state index >= 15 is 0 Å². The molecule has 4 nitrogen and oxygen atoms in total. The van der Waals surface area contributed by atoms with E-state index in [0.29, 0.717) is 5.16 Å². The summed E-state index contributed by atoms with van der Waals surface area (Å²) in [4.78, 5) is 20.4. The van der Waals surface area contributed by atoms with Crippen LogP contribution >= 0.6 is 11.8 Å². The van der Waals surface area contributed by atoms with Gasteiger partial charge in [0.1, 0.15) is 0 Å². The molecule has 0 unspecified atom stereocenters. The molecule has 2 rings (SSSR count). The van der Waals surface area contributed by atoms with Crippen molar-refractivity contribution in [2.24, 2.45) is 0 Å². The van der Waals surface area contributed by atoms with Crippen LogP contribution in [0, 0.1) is 0 Å². The zero-order valence-corrected chi connectivity index (χ0v) is 14.1. The Labute approximate surface area is 135 Å². The van der Waals surface area contributed by atoms with Crippen LogP contribution in [0.5, 0.6) is 0 Å². The second-order valence-corrected chi connectivity index (χ2v) is 7.42. The predicted molar refractivity (Wildman–Crippen MR) is 91.1 cm³/mol. The van der Waals surface area contributed by atoms with Crippen LogP contribution < -0.4 is 5.32 Å². The molecule has 1 aromatic heterocycles. The first-order chi connectivity index (χ1) is 10.4. The molecule has 1 heterocycles. The molecule has 0 spiro atoms. The first kappa shape index (κ1) is 16.5. The van der Waals surface area contributed by atoms with Gasteiger partial charge in [-0.15, -0.1) is 0 Å². The zero-order valence-electron chi connectivity index (χ0n) is 13.3. The standard InChI is InChI=1S/C17H21N3OS/c1-12(22-16-18-10-5-11-19-16)15(21)20-14-8-6-13(7-9-14)17(2,3)4/h5-12H,1-4H3,(H,20,21)/t12-/m0/s1. The highest BCUT2D eigenvalue weighted by Gasteiger charge is 2.17. The third-order valence-corrected chi connectivity index (χ3v) is 4.20. The number of carbonyl (C=O) groups excluding carboxylic acids is 1. The average Bonchev–Trinajstić information content (AvgIpc) is 2.48. The molecule has 1 atom stereocenters. The summed E-state index contributed by atoms with van der Waals surface area (Å²) in [6.07, 6.45) is 3.34. The molecule has 1 amide bonds. The van der Waals surface area contributed by atoms with Gasteiger partial charge in [0, 0.05) is 18.1 Å². The maximum absolute atomic E-state index is 12.2. The smallest absolute Gasteiger partial charge is 0.237 e. The van der Waals surface area contributed by atoms with E-state index in [0.717, 1.165) is 5.69 Å². The van der Waals surface area contributed by atoms with Gasteiger partial charge in [0.2, 0.25) is 5.91 Å². The molecule has 0 aliphatic carbocycles.